The van der Waals surface area contributed by atoms with E-state index in [0.29, 0.717) is 0 Å². The highest BCUT2D eigenvalue weighted by Crippen LogP contribution is 2.09. The molecule has 1 atom stereocenters. The SMILES string of the molecule is CCCCCCCCCN1CCNCC1C. The van der Waals surface area contributed by atoms with Crippen molar-refractivity contribution in [2.45, 2.75) is 64.8 Å². The van der Waals surface area contributed by atoms with Gasteiger partial charge in [-0.15, -0.1) is 0 Å². The molecule has 0 aromatic heterocycles. The van der Waals surface area contributed by atoms with Crippen LogP contribution in [0, 0.1) is 0 Å². The molecule has 0 radical (unpaired) electrons. The van der Waals surface area contributed by atoms with Gasteiger partial charge in [0, 0.05) is 25.7 Å². The second-order valence-electron chi connectivity index (χ2n) is 5.21. The maximum Gasteiger partial charge on any atom is 0.0192 e. The molecule has 0 aliphatic carbocycles. The van der Waals surface area contributed by atoms with Crippen LogP contribution in [-0.4, -0.2) is 37.1 Å². The van der Waals surface area contributed by atoms with Gasteiger partial charge in [0.1, 0.15) is 0 Å². The molecule has 1 aliphatic heterocycles. The molecule has 0 spiro atoms. The molecular formula is C14H30N2. The average molecular weight is 226 g/mol. The van der Waals surface area contributed by atoms with Crippen molar-refractivity contribution in [2.24, 2.45) is 0 Å². The number of hydrogen-bond donors (Lipinski definition) is 1. The van der Waals surface area contributed by atoms with E-state index in [9.17, 15) is 0 Å². The summed E-state index contributed by atoms with van der Waals surface area (Å²) in [6.45, 7) is 9.55. The first-order valence-corrected chi connectivity index (χ1v) is 7.29. The molecule has 1 unspecified atom stereocenters. The van der Waals surface area contributed by atoms with Gasteiger partial charge in [-0.25, -0.2) is 0 Å². The third-order valence-corrected chi connectivity index (χ3v) is 3.69. The number of unbranched alkanes of at least 4 members (excludes halogenated alkanes) is 6. The Morgan fingerprint density at radius 1 is 1.06 bits per heavy atom. The Kier molecular flexibility index (Phi) is 7.87. The second kappa shape index (κ2) is 9.00. The van der Waals surface area contributed by atoms with E-state index < -0.39 is 0 Å². The molecule has 1 heterocycles. The van der Waals surface area contributed by atoms with Crippen LogP contribution >= 0.6 is 0 Å². The normalized spacial score (nSPS) is 22.5. The lowest BCUT2D eigenvalue weighted by atomic mass is 10.1. The quantitative estimate of drug-likeness (QED) is 0.640. The fourth-order valence-corrected chi connectivity index (χ4v) is 2.49. The molecule has 1 aliphatic rings. The molecule has 1 saturated heterocycles. The van der Waals surface area contributed by atoms with Crippen LogP contribution in [0.3, 0.4) is 0 Å². The molecule has 0 saturated carbocycles. The molecule has 2 heteroatoms. The van der Waals surface area contributed by atoms with Crippen molar-refractivity contribution < 1.29 is 0 Å². The van der Waals surface area contributed by atoms with Crippen molar-refractivity contribution in [1.82, 2.24) is 10.2 Å². The van der Waals surface area contributed by atoms with Crippen LogP contribution in [0.2, 0.25) is 0 Å². The fraction of sp³-hybridized carbons (Fsp3) is 1.00. The van der Waals surface area contributed by atoms with E-state index in [2.05, 4.69) is 24.1 Å². The Hall–Kier alpha value is -0.0800. The Morgan fingerprint density at radius 2 is 1.75 bits per heavy atom. The molecule has 0 bridgehead atoms. The third-order valence-electron chi connectivity index (χ3n) is 3.69. The third kappa shape index (κ3) is 5.86. The topological polar surface area (TPSA) is 15.3 Å². The highest BCUT2D eigenvalue weighted by atomic mass is 15.2. The first-order valence-electron chi connectivity index (χ1n) is 7.29. The Bertz CT molecular complexity index is 159. The minimum atomic E-state index is 0.744. The van der Waals surface area contributed by atoms with Crippen molar-refractivity contribution in [3.05, 3.63) is 0 Å². The van der Waals surface area contributed by atoms with Crippen molar-refractivity contribution in [2.75, 3.05) is 26.2 Å². The summed E-state index contributed by atoms with van der Waals surface area (Å²) < 4.78 is 0. The summed E-state index contributed by atoms with van der Waals surface area (Å²) >= 11 is 0. The van der Waals surface area contributed by atoms with Crippen LogP contribution in [-0.2, 0) is 0 Å². The number of nitrogens with zero attached hydrogens (tertiary/aromatic N) is 1. The number of piperazine rings is 1. The molecule has 0 amide bonds. The van der Waals surface area contributed by atoms with Crippen LogP contribution < -0.4 is 5.32 Å². The van der Waals surface area contributed by atoms with Gasteiger partial charge in [0.2, 0.25) is 0 Å². The molecule has 1 fully saturated rings. The summed E-state index contributed by atoms with van der Waals surface area (Å²) in [5, 5.41) is 3.45. The zero-order valence-corrected chi connectivity index (χ0v) is 11.3. The van der Waals surface area contributed by atoms with Crippen molar-refractivity contribution in [3.8, 4) is 0 Å². The first kappa shape index (κ1) is 14.0. The molecule has 0 aromatic carbocycles. The molecule has 96 valence electrons. The molecular weight excluding hydrogens is 196 g/mol. The summed E-state index contributed by atoms with van der Waals surface area (Å²) in [4.78, 5) is 2.64. The van der Waals surface area contributed by atoms with Crippen molar-refractivity contribution >= 4 is 0 Å². The Labute approximate surface area is 102 Å². The van der Waals surface area contributed by atoms with Gasteiger partial charge in [-0.3, -0.25) is 4.90 Å². The van der Waals surface area contributed by atoms with Gasteiger partial charge in [-0.05, 0) is 19.9 Å². The molecule has 1 N–H and O–H groups in total. The summed E-state index contributed by atoms with van der Waals surface area (Å²) in [7, 11) is 0. The standard InChI is InChI=1S/C14H30N2/c1-3-4-5-6-7-8-9-11-16-12-10-15-13-14(16)2/h14-15H,3-13H2,1-2H3. The molecule has 16 heavy (non-hydrogen) atoms. The smallest absolute Gasteiger partial charge is 0.0192 e. The predicted molar refractivity (Wildman–Crippen MR) is 71.9 cm³/mol. The van der Waals surface area contributed by atoms with Crippen molar-refractivity contribution in [1.29, 1.82) is 0 Å². The average Bonchev–Trinajstić information content (AvgIpc) is 2.30. The molecule has 0 aromatic rings. The highest BCUT2D eigenvalue weighted by Gasteiger charge is 2.16. The van der Waals surface area contributed by atoms with Gasteiger partial charge in [0.05, 0.1) is 0 Å². The van der Waals surface area contributed by atoms with E-state index in [1.54, 1.807) is 0 Å². The predicted octanol–water partition coefficient (Wildman–Crippen LogP) is 3.03. The lowest BCUT2D eigenvalue weighted by molar-refractivity contribution is 0.170. The van der Waals surface area contributed by atoms with Gasteiger partial charge >= 0.3 is 0 Å². The maximum atomic E-state index is 3.45. The van der Waals surface area contributed by atoms with Gasteiger partial charge in [-0.1, -0.05) is 45.4 Å². The van der Waals surface area contributed by atoms with Gasteiger partial charge in [0.15, 0.2) is 0 Å². The largest absolute Gasteiger partial charge is 0.314 e. The Morgan fingerprint density at radius 3 is 2.44 bits per heavy atom. The second-order valence-corrected chi connectivity index (χ2v) is 5.21. The zero-order chi connectivity index (χ0) is 11.6. The van der Waals surface area contributed by atoms with Gasteiger partial charge in [-0.2, -0.15) is 0 Å². The van der Waals surface area contributed by atoms with E-state index in [1.807, 2.05) is 0 Å². The zero-order valence-electron chi connectivity index (χ0n) is 11.3. The van der Waals surface area contributed by atoms with E-state index in [4.69, 9.17) is 0 Å². The number of hydrogen-bond acceptors (Lipinski definition) is 2. The van der Waals surface area contributed by atoms with E-state index in [-0.39, 0.29) is 0 Å². The Balaban J connectivity index is 1.90. The monoisotopic (exact) mass is 226 g/mol. The van der Waals surface area contributed by atoms with Crippen LogP contribution in [0.1, 0.15) is 58.8 Å². The minimum absolute atomic E-state index is 0.744. The van der Waals surface area contributed by atoms with Gasteiger partial charge in [0.25, 0.3) is 0 Å². The van der Waals surface area contributed by atoms with Crippen molar-refractivity contribution in [3.63, 3.8) is 0 Å². The van der Waals surface area contributed by atoms with Crippen LogP contribution in [0.15, 0.2) is 0 Å². The summed E-state index contributed by atoms with van der Waals surface area (Å²) in [5.41, 5.74) is 0. The van der Waals surface area contributed by atoms with Crippen LogP contribution in [0.25, 0.3) is 0 Å². The van der Waals surface area contributed by atoms with E-state index >= 15 is 0 Å². The molecule has 2 nitrogen and oxygen atoms in total. The number of rotatable bonds is 8. The van der Waals surface area contributed by atoms with Crippen LogP contribution in [0.4, 0.5) is 0 Å². The highest BCUT2D eigenvalue weighted by molar-refractivity contribution is 4.75. The lowest BCUT2D eigenvalue weighted by Gasteiger charge is -2.33. The number of nitrogens with one attached hydrogen (secondary N) is 1. The van der Waals surface area contributed by atoms with E-state index in [0.717, 1.165) is 6.04 Å². The minimum Gasteiger partial charge on any atom is -0.314 e. The summed E-state index contributed by atoms with van der Waals surface area (Å²) in [6.07, 6.45) is 9.95. The fourth-order valence-electron chi connectivity index (χ4n) is 2.49. The first-order chi connectivity index (χ1) is 7.84. The summed E-state index contributed by atoms with van der Waals surface area (Å²) in [5.74, 6) is 0. The summed E-state index contributed by atoms with van der Waals surface area (Å²) in [6, 6.07) is 0.744. The van der Waals surface area contributed by atoms with E-state index in [1.165, 1.54) is 71.1 Å². The van der Waals surface area contributed by atoms with Gasteiger partial charge < -0.3 is 5.32 Å². The molecule has 1 rings (SSSR count). The van der Waals surface area contributed by atoms with Crippen LogP contribution in [0.5, 0.6) is 0 Å². The maximum absolute atomic E-state index is 3.45. The lowest BCUT2D eigenvalue weighted by Crippen LogP contribution is -2.49.